The fourth-order valence-electron chi connectivity index (χ4n) is 11.2. The Bertz CT molecular complexity index is 4810. The summed E-state index contributed by atoms with van der Waals surface area (Å²) in [6, 6.07) is 75.0. The van der Waals surface area contributed by atoms with Crippen molar-refractivity contribution in [3.8, 4) is 57.0 Å². The molecule has 9 nitrogen and oxygen atoms in total. The highest BCUT2D eigenvalue weighted by Gasteiger charge is 2.27. The Morgan fingerprint density at radius 3 is 1.48 bits per heavy atom. The molecule has 0 N–H and O–H groups in total. The second-order valence-electron chi connectivity index (χ2n) is 18.5. The molecule has 0 saturated heterocycles. The highest BCUT2D eigenvalue weighted by molar-refractivity contribution is 6.24. The number of benzene rings is 10. The highest BCUT2D eigenvalue weighted by atomic mass is 16.4. The van der Waals surface area contributed by atoms with E-state index in [0.717, 1.165) is 115 Å². The number of nitrogens with zero attached hydrogens (tertiary/aromatic N) is 6. The van der Waals surface area contributed by atoms with E-state index in [1.165, 1.54) is 0 Å². The Hall–Kier alpha value is -10.1. The van der Waals surface area contributed by atoms with Gasteiger partial charge in [0, 0.05) is 48.7 Å². The van der Waals surface area contributed by atoms with Gasteiger partial charge in [-0.25, -0.2) is 9.97 Å². The molecule has 0 fully saturated rings. The zero-order chi connectivity index (χ0) is 47.7. The predicted molar refractivity (Wildman–Crippen MR) is 292 cm³/mol. The molecule has 0 aliphatic rings. The van der Waals surface area contributed by atoms with E-state index in [1.54, 1.807) is 0 Å². The lowest BCUT2D eigenvalue weighted by Crippen LogP contribution is -2.07. The average Bonchev–Trinajstić information content (AvgIpc) is 4.30. The maximum Gasteiger partial charge on any atom is 0.238 e. The highest BCUT2D eigenvalue weighted by Crippen LogP contribution is 2.44. The summed E-state index contributed by atoms with van der Waals surface area (Å²) in [5.41, 5.74) is 13.7. The molecule has 73 heavy (non-hydrogen) atoms. The minimum absolute atomic E-state index is 0.440. The summed E-state index contributed by atoms with van der Waals surface area (Å²) >= 11 is 0. The summed E-state index contributed by atoms with van der Waals surface area (Å²) in [4.78, 5) is 21.5. The number of para-hydroxylation sites is 7. The first-order chi connectivity index (χ1) is 36.2. The number of hydrogen-bond acceptors (Lipinski definition) is 7. The van der Waals surface area contributed by atoms with Crippen LogP contribution in [0.2, 0.25) is 0 Å². The van der Waals surface area contributed by atoms with Crippen LogP contribution in [-0.2, 0) is 0 Å². The third-order valence-electron chi connectivity index (χ3n) is 14.4. The van der Waals surface area contributed by atoms with E-state index in [4.69, 9.17) is 33.2 Å². The van der Waals surface area contributed by atoms with Gasteiger partial charge in [-0.3, -0.25) is 4.57 Å². The van der Waals surface area contributed by atoms with E-state index in [-0.39, 0.29) is 0 Å². The minimum atomic E-state index is 0.440. The zero-order valence-electron chi connectivity index (χ0n) is 38.7. The van der Waals surface area contributed by atoms with Gasteiger partial charge in [-0.2, -0.15) is 9.97 Å². The third kappa shape index (κ3) is 5.84. The molecule has 6 heterocycles. The molecule has 0 bridgehead atoms. The number of aromatic nitrogens is 6. The Morgan fingerprint density at radius 1 is 0.315 bits per heavy atom. The molecule has 16 rings (SSSR count). The topological polar surface area (TPSA) is 101 Å². The van der Waals surface area contributed by atoms with Crippen LogP contribution in [0.3, 0.4) is 0 Å². The van der Waals surface area contributed by atoms with E-state index in [1.807, 2.05) is 72.8 Å². The predicted octanol–water partition coefficient (Wildman–Crippen LogP) is 16.7. The van der Waals surface area contributed by atoms with Gasteiger partial charge >= 0.3 is 0 Å². The number of furan rings is 2. The van der Waals surface area contributed by atoms with E-state index in [0.29, 0.717) is 40.2 Å². The quantitative estimate of drug-likeness (QED) is 0.164. The molecule has 10 aromatic carbocycles. The first kappa shape index (κ1) is 39.7. The molecular weight excluding hydrogens is 901 g/mol. The number of hydrogen-bond donors (Lipinski definition) is 0. The van der Waals surface area contributed by atoms with Crippen molar-refractivity contribution >= 4 is 98.6 Å². The molecule has 6 aromatic heterocycles. The van der Waals surface area contributed by atoms with E-state index >= 15 is 0 Å². The lowest BCUT2D eigenvalue weighted by molar-refractivity contribution is 0.618. The van der Waals surface area contributed by atoms with Crippen molar-refractivity contribution < 1.29 is 13.3 Å². The van der Waals surface area contributed by atoms with Crippen LogP contribution in [0.25, 0.3) is 156 Å². The normalized spacial score (nSPS) is 12.1. The van der Waals surface area contributed by atoms with Crippen LogP contribution in [0.4, 0.5) is 0 Å². The van der Waals surface area contributed by atoms with Crippen molar-refractivity contribution in [2.24, 2.45) is 0 Å². The van der Waals surface area contributed by atoms with Gasteiger partial charge in [-0.1, -0.05) is 158 Å². The molecule has 9 heteroatoms. The summed E-state index contributed by atoms with van der Waals surface area (Å²) in [6.07, 6.45) is 0. The first-order valence-corrected chi connectivity index (χ1v) is 24.3. The Morgan fingerprint density at radius 2 is 0.822 bits per heavy atom. The summed E-state index contributed by atoms with van der Waals surface area (Å²) in [5.74, 6) is 1.91. The number of oxazole rings is 1. The van der Waals surface area contributed by atoms with Crippen LogP contribution in [0, 0.1) is 0 Å². The molecular formula is C64H36N6O3. The van der Waals surface area contributed by atoms with Crippen molar-refractivity contribution in [1.82, 2.24) is 29.1 Å². The first-order valence-electron chi connectivity index (χ1n) is 24.3. The van der Waals surface area contributed by atoms with E-state index < -0.39 is 0 Å². The molecule has 0 aliphatic heterocycles. The standard InChI is InChI=1S/C64H36N6O3/c1-2-16-37(17-3-1)38-18-12-19-39(36-38)63-65-50-28-15-31-53(60(50)73-63)69-51-29-8-4-20-40(51)44-34-35-45-41-21-5-9-30-52(41)70(57(45)56(44)69)64-67-61(48-26-13-24-46-42-22-6-10-32-54(42)71-58(46)48)66-62(68-64)49-27-14-25-47-43-23-7-11-33-55(43)72-59(47)49/h1-36H. The molecule has 340 valence electrons. The molecule has 0 radical (unpaired) electrons. The van der Waals surface area contributed by atoms with Gasteiger partial charge in [-0.05, 0) is 71.8 Å². The lowest BCUT2D eigenvalue weighted by Gasteiger charge is -2.13. The van der Waals surface area contributed by atoms with Gasteiger partial charge < -0.3 is 17.8 Å². The largest absolute Gasteiger partial charge is 0.455 e. The minimum Gasteiger partial charge on any atom is -0.455 e. The van der Waals surface area contributed by atoms with Crippen LogP contribution < -0.4 is 0 Å². The fourth-order valence-corrected chi connectivity index (χ4v) is 11.2. The van der Waals surface area contributed by atoms with Crippen LogP contribution in [0.1, 0.15) is 0 Å². The van der Waals surface area contributed by atoms with Gasteiger partial charge in [0.1, 0.15) is 27.8 Å². The monoisotopic (exact) mass is 936 g/mol. The second-order valence-corrected chi connectivity index (χ2v) is 18.5. The molecule has 0 aliphatic carbocycles. The smallest absolute Gasteiger partial charge is 0.238 e. The van der Waals surface area contributed by atoms with Crippen LogP contribution in [0.15, 0.2) is 232 Å². The van der Waals surface area contributed by atoms with Gasteiger partial charge in [-0.15, -0.1) is 0 Å². The Kier molecular flexibility index (Phi) is 8.26. The molecule has 0 unspecified atom stereocenters. The maximum absolute atomic E-state index is 6.94. The van der Waals surface area contributed by atoms with Gasteiger partial charge in [0.25, 0.3) is 0 Å². The fraction of sp³-hybridized carbons (Fsp3) is 0. The molecule has 0 saturated carbocycles. The summed E-state index contributed by atoms with van der Waals surface area (Å²) in [7, 11) is 0. The Labute approximate surface area is 414 Å². The SMILES string of the molecule is c1ccc(-c2cccc(-c3nc4cccc(-n5c6ccccc6c6ccc7c8ccccc8n(-c8nc(-c9cccc%10c9oc9ccccc9%10)nc(-c9cccc%10c9oc9ccccc9%10)n8)c7c65)c4o3)c2)cc1. The summed E-state index contributed by atoms with van der Waals surface area (Å²) in [5, 5.41) is 8.25. The van der Waals surface area contributed by atoms with Crippen molar-refractivity contribution in [2.75, 3.05) is 0 Å². The number of fused-ring (bicyclic) bond motifs is 14. The van der Waals surface area contributed by atoms with Gasteiger partial charge in [0.15, 0.2) is 17.2 Å². The van der Waals surface area contributed by atoms with Crippen molar-refractivity contribution in [3.63, 3.8) is 0 Å². The lowest BCUT2D eigenvalue weighted by atomic mass is 10.0. The molecule has 0 amide bonds. The van der Waals surface area contributed by atoms with Crippen molar-refractivity contribution in [2.45, 2.75) is 0 Å². The maximum atomic E-state index is 6.94. The van der Waals surface area contributed by atoms with Crippen molar-refractivity contribution in [1.29, 1.82) is 0 Å². The average molecular weight is 937 g/mol. The molecule has 0 spiro atoms. The van der Waals surface area contributed by atoms with Crippen molar-refractivity contribution in [3.05, 3.63) is 218 Å². The summed E-state index contributed by atoms with van der Waals surface area (Å²) < 4.78 is 24.8. The van der Waals surface area contributed by atoms with Crippen LogP contribution in [0.5, 0.6) is 0 Å². The van der Waals surface area contributed by atoms with Crippen LogP contribution >= 0.6 is 0 Å². The van der Waals surface area contributed by atoms with Crippen LogP contribution in [-0.4, -0.2) is 29.1 Å². The molecule has 16 aromatic rings. The van der Waals surface area contributed by atoms with Gasteiger partial charge in [0.05, 0.1) is 38.9 Å². The summed E-state index contributed by atoms with van der Waals surface area (Å²) in [6.45, 7) is 0. The third-order valence-corrected chi connectivity index (χ3v) is 14.4. The Balaban J connectivity index is 1.00. The zero-order valence-corrected chi connectivity index (χ0v) is 38.7. The van der Waals surface area contributed by atoms with E-state index in [2.05, 4.69) is 155 Å². The van der Waals surface area contributed by atoms with Gasteiger partial charge in [0.2, 0.25) is 11.8 Å². The number of rotatable bonds is 6. The molecule has 0 atom stereocenters. The van der Waals surface area contributed by atoms with E-state index in [9.17, 15) is 0 Å². The second kappa shape index (κ2) is 15.2.